The molecule has 2 aromatic carbocycles. The maximum Gasteiger partial charge on any atom is 0.322 e. The number of hydrogen-bond acceptors (Lipinski definition) is 5. The van der Waals surface area contributed by atoms with Gasteiger partial charge in [-0.2, -0.15) is 4.98 Å². The summed E-state index contributed by atoms with van der Waals surface area (Å²) >= 11 is 0. The van der Waals surface area contributed by atoms with Crippen molar-refractivity contribution in [3.05, 3.63) is 76.3 Å². The number of nitrogens with zero attached hydrogens (tertiary/aromatic N) is 3. The minimum absolute atomic E-state index is 0.0330. The molecule has 176 valence electrons. The topological polar surface area (TPSA) is 80.5 Å². The van der Waals surface area contributed by atoms with E-state index < -0.39 is 6.04 Å². The Morgan fingerprint density at radius 3 is 2.68 bits per heavy atom. The third-order valence-corrected chi connectivity index (χ3v) is 6.80. The number of rotatable bonds is 5. The van der Waals surface area contributed by atoms with Crippen LogP contribution in [-0.4, -0.2) is 40.3 Å². The largest absolute Gasteiger partial charge is 0.376 e. The lowest BCUT2D eigenvalue weighted by molar-refractivity contribution is 0.0877. The Bertz CT molecular complexity index is 1260. The zero-order valence-electron chi connectivity index (χ0n) is 20.1. The molecule has 34 heavy (non-hydrogen) atoms. The first-order valence-electron chi connectivity index (χ1n) is 11.8. The quantitative estimate of drug-likeness (QED) is 0.558. The van der Waals surface area contributed by atoms with E-state index in [2.05, 4.69) is 36.5 Å². The van der Waals surface area contributed by atoms with Crippen molar-refractivity contribution in [1.29, 1.82) is 0 Å². The second-order valence-electron chi connectivity index (χ2n) is 9.26. The summed E-state index contributed by atoms with van der Waals surface area (Å²) in [7, 11) is 0. The normalized spacial score (nSPS) is 20.7. The molecule has 1 aromatic heterocycles. The Labute approximate surface area is 199 Å². The van der Waals surface area contributed by atoms with Gasteiger partial charge in [-0.3, -0.25) is 4.90 Å². The third-order valence-electron chi connectivity index (χ3n) is 6.80. The van der Waals surface area contributed by atoms with Crippen LogP contribution in [-0.2, 0) is 4.74 Å². The van der Waals surface area contributed by atoms with E-state index in [0.29, 0.717) is 18.3 Å². The molecule has 5 rings (SSSR count). The zero-order chi connectivity index (χ0) is 23.8. The number of benzene rings is 2. The van der Waals surface area contributed by atoms with Crippen LogP contribution >= 0.6 is 0 Å². The number of aromatic nitrogens is 2. The smallest absolute Gasteiger partial charge is 0.322 e. The van der Waals surface area contributed by atoms with Gasteiger partial charge in [0.1, 0.15) is 0 Å². The number of urea groups is 1. The van der Waals surface area contributed by atoms with E-state index in [1.54, 1.807) is 4.90 Å². The summed E-state index contributed by atoms with van der Waals surface area (Å²) < 4.78 is 11.6. The van der Waals surface area contributed by atoms with Gasteiger partial charge in [0.15, 0.2) is 0 Å². The number of carbonyl (C=O) groups is 1. The van der Waals surface area contributed by atoms with Crippen molar-refractivity contribution in [2.24, 2.45) is 0 Å². The number of nitrogens with one attached hydrogen (secondary N) is 1. The van der Waals surface area contributed by atoms with Crippen LogP contribution in [0.15, 0.2) is 52.7 Å². The van der Waals surface area contributed by atoms with Crippen LogP contribution in [0.1, 0.15) is 54.0 Å². The van der Waals surface area contributed by atoms with Crippen LogP contribution in [0, 0.1) is 20.8 Å². The monoisotopic (exact) mass is 458 g/mol. The fourth-order valence-corrected chi connectivity index (χ4v) is 4.70. The van der Waals surface area contributed by atoms with Crippen molar-refractivity contribution in [1.82, 2.24) is 20.4 Å². The highest BCUT2D eigenvalue weighted by atomic mass is 16.5. The second kappa shape index (κ2) is 9.06. The number of hydrogen-bond donors (Lipinski definition) is 1. The van der Waals surface area contributed by atoms with Crippen molar-refractivity contribution >= 4 is 11.6 Å². The lowest BCUT2D eigenvalue weighted by atomic mass is 9.92. The van der Waals surface area contributed by atoms with Crippen LogP contribution in [0.3, 0.4) is 0 Å². The van der Waals surface area contributed by atoms with Gasteiger partial charge in [0.2, 0.25) is 5.82 Å². The Morgan fingerprint density at radius 2 is 1.94 bits per heavy atom. The Kier molecular flexibility index (Phi) is 5.96. The predicted molar refractivity (Wildman–Crippen MR) is 130 cm³/mol. The molecule has 0 saturated carbocycles. The van der Waals surface area contributed by atoms with Crippen LogP contribution in [0.5, 0.6) is 0 Å². The van der Waals surface area contributed by atoms with Gasteiger partial charge in [0.05, 0.1) is 24.3 Å². The third kappa shape index (κ3) is 4.23. The first kappa shape index (κ1) is 22.3. The Balaban J connectivity index is 1.59. The summed E-state index contributed by atoms with van der Waals surface area (Å²) in [5, 5.41) is 7.45. The summed E-state index contributed by atoms with van der Waals surface area (Å²) in [5.74, 6) is 0.940. The molecule has 2 aliphatic rings. The van der Waals surface area contributed by atoms with E-state index in [1.807, 2.05) is 44.2 Å². The van der Waals surface area contributed by atoms with Gasteiger partial charge < -0.3 is 14.6 Å². The summed E-state index contributed by atoms with van der Waals surface area (Å²) in [4.78, 5) is 19.7. The van der Waals surface area contributed by atoms with Gasteiger partial charge in [-0.25, -0.2) is 4.79 Å². The molecule has 3 heterocycles. The van der Waals surface area contributed by atoms with E-state index in [0.717, 1.165) is 53.0 Å². The Morgan fingerprint density at radius 1 is 1.09 bits per heavy atom. The summed E-state index contributed by atoms with van der Waals surface area (Å²) in [6.07, 6.45) is 2.00. The second-order valence-corrected chi connectivity index (χ2v) is 9.26. The number of carbonyl (C=O) groups excluding carboxylic acids is 1. The molecule has 1 fully saturated rings. The van der Waals surface area contributed by atoms with E-state index in [4.69, 9.17) is 14.2 Å². The van der Waals surface area contributed by atoms with Crippen LogP contribution in [0.25, 0.3) is 17.0 Å². The van der Waals surface area contributed by atoms with Gasteiger partial charge in [0.25, 0.3) is 5.89 Å². The van der Waals surface area contributed by atoms with Crippen molar-refractivity contribution in [3.8, 4) is 11.4 Å². The van der Waals surface area contributed by atoms with Gasteiger partial charge >= 0.3 is 6.03 Å². The van der Waals surface area contributed by atoms with Crippen LogP contribution < -0.4 is 5.32 Å². The van der Waals surface area contributed by atoms with E-state index in [1.165, 1.54) is 5.56 Å². The lowest BCUT2D eigenvalue weighted by Crippen LogP contribution is -2.48. The number of aryl methyl sites for hydroxylation is 3. The number of amides is 2. The summed E-state index contributed by atoms with van der Waals surface area (Å²) in [6.45, 7) is 9.38. The average molecular weight is 459 g/mol. The first-order valence-corrected chi connectivity index (χ1v) is 11.8. The molecule has 1 N–H and O–H groups in total. The van der Waals surface area contributed by atoms with Crippen LogP contribution in [0.2, 0.25) is 0 Å². The maximum absolute atomic E-state index is 13.2. The molecular formula is C27H30N4O3. The highest BCUT2D eigenvalue weighted by Gasteiger charge is 2.37. The summed E-state index contributed by atoms with van der Waals surface area (Å²) in [6, 6.07) is 13.7. The standard InChI is InChI=1S/C27H30N4O3/c1-16-7-5-8-21(13-16)25-29-26(34-30-25)23-19(4)31(15-22-9-6-12-33-22)27(32)28-24(23)20-11-10-17(2)18(3)14-20/h5,7-8,10-11,13-14,22,24H,6,9,12,15H2,1-4H3,(H,28,32). The van der Waals surface area contributed by atoms with Crippen LogP contribution in [0.4, 0.5) is 4.79 Å². The van der Waals surface area contributed by atoms with E-state index in [9.17, 15) is 4.79 Å². The molecule has 0 spiro atoms. The van der Waals surface area contributed by atoms with Crippen molar-refractivity contribution < 1.29 is 14.1 Å². The number of allylic oxidation sites excluding steroid dienone is 1. The van der Waals surface area contributed by atoms with Crippen molar-refractivity contribution in [2.75, 3.05) is 13.2 Å². The molecular weight excluding hydrogens is 428 g/mol. The summed E-state index contributed by atoms with van der Waals surface area (Å²) in [5.41, 5.74) is 6.99. The fraction of sp³-hybridized carbons (Fsp3) is 0.370. The maximum atomic E-state index is 13.2. The molecule has 7 nitrogen and oxygen atoms in total. The molecule has 2 amide bonds. The van der Waals surface area contributed by atoms with E-state index in [-0.39, 0.29) is 12.1 Å². The SMILES string of the molecule is CC1=C(c2nc(-c3cccc(C)c3)no2)C(c2ccc(C)c(C)c2)NC(=O)N1CC1CCCO1. The number of ether oxygens (including phenoxy) is 1. The fourth-order valence-electron chi connectivity index (χ4n) is 4.70. The average Bonchev–Trinajstić information content (AvgIpc) is 3.50. The molecule has 7 heteroatoms. The lowest BCUT2D eigenvalue weighted by Gasteiger charge is -2.36. The molecule has 0 radical (unpaired) electrons. The minimum Gasteiger partial charge on any atom is -0.376 e. The van der Waals surface area contributed by atoms with Gasteiger partial charge in [-0.05, 0) is 63.3 Å². The molecule has 0 bridgehead atoms. The van der Waals surface area contributed by atoms with E-state index >= 15 is 0 Å². The first-order chi connectivity index (χ1) is 16.4. The van der Waals surface area contributed by atoms with Gasteiger partial charge in [0, 0.05) is 17.9 Å². The molecule has 1 saturated heterocycles. The molecule has 2 aliphatic heterocycles. The highest BCUT2D eigenvalue weighted by molar-refractivity contribution is 5.87. The van der Waals surface area contributed by atoms with Crippen molar-refractivity contribution in [3.63, 3.8) is 0 Å². The predicted octanol–water partition coefficient (Wildman–Crippen LogP) is 5.34. The highest BCUT2D eigenvalue weighted by Crippen LogP contribution is 2.38. The molecule has 3 aromatic rings. The minimum atomic E-state index is -0.390. The molecule has 2 unspecified atom stereocenters. The zero-order valence-corrected chi connectivity index (χ0v) is 20.1. The van der Waals surface area contributed by atoms with Gasteiger partial charge in [-0.1, -0.05) is 47.1 Å². The Hall–Kier alpha value is -3.45. The van der Waals surface area contributed by atoms with Crippen molar-refractivity contribution in [2.45, 2.75) is 52.7 Å². The molecule has 0 aliphatic carbocycles. The molecule has 2 atom stereocenters. The van der Waals surface area contributed by atoms with Gasteiger partial charge in [-0.15, -0.1) is 0 Å².